The monoisotopic (exact) mass is 448 g/mol. The first-order valence-electron chi connectivity index (χ1n) is 9.83. The SMILES string of the molecule is Cc1ccc(S(=O)(=O)N2CCCC(C(=O)N(Cc3ccco3)Cc3ccco3)C2)s1. The third-order valence-electron chi connectivity index (χ3n) is 5.21. The van der Waals surface area contributed by atoms with E-state index in [9.17, 15) is 13.2 Å². The number of aryl methyl sites for hydroxylation is 1. The Bertz CT molecular complexity index is 1030. The van der Waals surface area contributed by atoms with Gasteiger partial charge in [-0.05, 0) is 56.2 Å². The normalized spacial score (nSPS) is 17.8. The largest absolute Gasteiger partial charge is 0.467 e. The molecule has 1 aliphatic heterocycles. The zero-order valence-electron chi connectivity index (χ0n) is 16.7. The third-order valence-corrected chi connectivity index (χ3v) is 8.54. The van der Waals surface area contributed by atoms with Crippen molar-refractivity contribution in [3.05, 3.63) is 65.3 Å². The van der Waals surface area contributed by atoms with Gasteiger partial charge >= 0.3 is 0 Å². The highest BCUT2D eigenvalue weighted by atomic mass is 32.2. The molecule has 0 N–H and O–H groups in total. The molecule has 7 nitrogen and oxygen atoms in total. The molecule has 1 fully saturated rings. The van der Waals surface area contributed by atoms with Crippen LogP contribution in [0.4, 0.5) is 0 Å². The van der Waals surface area contributed by atoms with Crippen LogP contribution in [0.1, 0.15) is 29.2 Å². The van der Waals surface area contributed by atoms with E-state index in [0.29, 0.717) is 48.2 Å². The van der Waals surface area contributed by atoms with Crippen molar-refractivity contribution in [3.63, 3.8) is 0 Å². The van der Waals surface area contributed by atoms with E-state index >= 15 is 0 Å². The molecule has 4 rings (SSSR count). The van der Waals surface area contributed by atoms with Gasteiger partial charge in [0.05, 0.1) is 31.5 Å². The number of carbonyl (C=O) groups is 1. The zero-order chi connectivity index (χ0) is 21.1. The lowest BCUT2D eigenvalue weighted by Gasteiger charge is -2.33. The first kappa shape index (κ1) is 20.9. The number of sulfonamides is 1. The molecule has 0 bridgehead atoms. The summed E-state index contributed by atoms with van der Waals surface area (Å²) in [7, 11) is -3.59. The first-order valence-corrected chi connectivity index (χ1v) is 12.1. The molecule has 9 heteroatoms. The number of carbonyl (C=O) groups excluding carboxylic acids is 1. The molecule has 0 aliphatic carbocycles. The number of hydrogen-bond donors (Lipinski definition) is 0. The van der Waals surface area contributed by atoms with Crippen molar-refractivity contribution in [3.8, 4) is 0 Å². The molecule has 1 atom stereocenters. The number of hydrogen-bond acceptors (Lipinski definition) is 6. The van der Waals surface area contributed by atoms with E-state index in [2.05, 4.69) is 0 Å². The fourth-order valence-corrected chi connectivity index (χ4v) is 6.65. The Kier molecular flexibility index (Phi) is 6.12. The van der Waals surface area contributed by atoms with Gasteiger partial charge in [-0.1, -0.05) is 0 Å². The Labute approximate surface area is 179 Å². The van der Waals surface area contributed by atoms with Crippen LogP contribution in [0.25, 0.3) is 0 Å². The quantitative estimate of drug-likeness (QED) is 0.548. The van der Waals surface area contributed by atoms with Crippen molar-refractivity contribution in [2.75, 3.05) is 13.1 Å². The summed E-state index contributed by atoms with van der Waals surface area (Å²) in [5.74, 6) is 0.845. The molecular formula is C21H24N2O5S2. The molecule has 1 aliphatic rings. The van der Waals surface area contributed by atoms with Gasteiger partial charge in [-0.25, -0.2) is 8.42 Å². The minimum Gasteiger partial charge on any atom is -0.467 e. The van der Waals surface area contributed by atoms with Gasteiger partial charge in [0, 0.05) is 18.0 Å². The Morgan fingerprint density at radius 2 is 1.80 bits per heavy atom. The molecule has 1 unspecified atom stereocenters. The summed E-state index contributed by atoms with van der Waals surface area (Å²) in [4.78, 5) is 16.0. The van der Waals surface area contributed by atoms with Crippen LogP contribution < -0.4 is 0 Å². The van der Waals surface area contributed by atoms with Crippen molar-refractivity contribution >= 4 is 27.3 Å². The van der Waals surface area contributed by atoms with Crippen LogP contribution in [0, 0.1) is 12.8 Å². The second kappa shape index (κ2) is 8.79. The molecule has 0 aromatic carbocycles. The van der Waals surface area contributed by atoms with Crippen molar-refractivity contribution in [1.82, 2.24) is 9.21 Å². The molecule has 3 aromatic rings. The van der Waals surface area contributed by atoms with Crippen LogP contribution in [0.15, 0.2) is 62.0 Å². The highest BCUT2D eigenvalue weighted by molar-refractivity contribution is 7.91. The predicted octanol–water partition coefficient (Wildman–Crippen LogP) is 3.87. The minimum atomic E-state index is -3.59. The smallest absolute Gasteiger partial charge is 0.252 e. The van der Waals surface area contributed by atoms with Gasteiger partial charge in [-0.15, -0.1) is 11.3 Å². The lowest BCUT2D eigenvalue weighted by atomic mass is 9.98. The lowest BCUT2D eigenvalue weighted by Crippen LogP contribution is -2.46. The average Bonchev–Trinajstić information content (AvgIpc) is 3.50. The van der Waals surface area contributed by atoms with Crippen molar-refractivity contribution < 1.29 is 22.0 Å². The summed E-state index contributed by atoms with van der Waals surface area (Å²) in [6.45, 7) is 3.11. The lowest BCUT2D eigenvalue weighted by molar-refractivity contribution is -0.138. The number of rotatable bonds is 7. The summed E-state index contributed by atoms with van der Waals surface area (Å²) >= 11 is 1.26. The van der Waals surface area contributed by atoms with Gasteiger partial charge in [0.25, 0.3) is 10.0 Å². The molecule has 3 aromatic heterocycles. The third kappa shape index (κ3) is 4.53. The molecule has 30 heavy (non-hydrogen) atoms. The second-order valence-corrected chi connectivity index (χ2v) is 10.9. The number of amides is 1. The van der Waals surface area contributed by atoms with Gasteiger partial charge < -0.3 is 13.7 Å². The summed E-state index contributed by atoms with van der Waals surface area (Å²) in [5.41, 5.74) is 0. The zero-order valence-corrected chi connectivity index (χ0v) is 18.3. The van der Waals surface area contributed by atoms with Crippen LogP contribution in [0.3, 0.4) is 0 Å². The molecule has 160 valence electrons. The number of thiophene rings is 1. The Morgan fingerprint density at radius 1 is 1.13 bits per heavy atom. The highest BCUT2D eigenvalue weighted by Gasteiger charge is 2.36. The Hall–Kier alpha value is -2.36. The van der Waals surface area contributed by atoms with Crippen LogP contribution in [-0.2, 0) is 27.9 Å². The first-order chi connectivity index (χ1) is 14.4. The maximum absolute atomic E-state index is 13.4. The van der Waals surface area contributed by atoms with Crippen LogP contribution in [0.2, 0.25) is 0 Å². The Balaban J connectivity index is 1.52. The van der Waals surface area contributed by atoms with Gasteiger partial charge in [0.15, 0.2) is 0 Å². The van der Waals surface area contributed by atoms with Crippen LogP contribution >= 0.6 is 11.3 Å². The number of piperidine rings is 1. The summed E-state index contributed by atoms with van der Waals surface area (Å²) in [6, 6.07) is 10.6. The highest BCUT2D eigenvalue weighted by Crippen LogP contribution is 2.29. The van der Waals surface area contributed by atoms with Crippen molar-refractivity contribution in [2.24, 2.45) is 5.92 Å². The molecule has 0 saturated carbocycles. The van der Waals surface area contributed by atoms with Gasteiger partial charge in [-0.3, -0.25) is 4.79 Å². The standard InChI is InChI=1S/C21H24N2O5S2/c1-16-8-9-20(29-16)30(25,26)23-10-2-5-17(13-23)21(24)22(14-18-6-3-11-27-18)15-19-7-4-12-28-19/h3-4,6-9,11-12,17H,2,5,10,13-15H2,1H3. The molecule has 0 radical (unpaired) electrons. The van der Waals surface area contributed by atoms with Gasteiger partial charge in [-0.2, -0.15) is 4.31 Å². The van der Waals surface area contributed by atoms with Gasteiger partial charge in [0.1, 0.15) is 15.7 Å². The average molecular weight is 449 g/mol. The number of nitrogens with zero attached hydrogens (tertiary/aromatic N) is 2. The van der Waals surface area contributed by atoms with Crippen molar-refractivity contribution in [1.29, 1.82) is 0 Å². The topological polar surface area (TPSA) is 84.0 Å². The van der Waals surface area contributed by atoms with E-state index in [1.165, 1.54) is 15.6 Å². The number of furan rings is 2. The van der Waals surface area contributed by atoms with E-state index in [0.717, 1.165) is 4.88 Å². The van der Waals surface area contributed by atoms with Crippen molar-refractivity contribution in [2.45, 2.75) is 37.1 Å². The maximum atomic E-state index is 13.4. The molecule has 1 saturated heterocycles. The van der Waals surface area contributed by atoms with E-state index in [4.69, 9.17) is 8.83 Å². The summed E-state index contributed by atoms with van der Waals surface area (Å²) in [6.07, 6.45) is 4.45. The van der Waals surface area contributed by atoms with E-state index in [-0.39, 0.29) is 12.5 Å². The van der Waals surface area contributed by atoms with E-state index in [1.54, 1.807) is 41.7 Å². The maximum Gasteiger partial charge on any atom is 0.252 e. The fourth-order valence-electron chi connectivity index (χ4n) is 3.69. The summed E-state index contributed by atoms with van der Waals surface area (Å²) in [5, 5.41) is 0. The van der Waals surface area contributed by atoms with Gasteiger partial charge in [0.2, 0.25) is 5.91 Å². The molecule has 0 spiro atoms. The molecular weight excluding hydrogens is 424 g/mol. The molecule has 4 heterocycles. The summed E-state index contributed by atoms with van der Waals surface area (Å²) < 4.78 is 38.7. The van der Waals surface area contributed by atoms with E-state index < -0.39 is 15.9 Å². The predicted molar refractivity (Wildman–Crippen MR) is 112 cm³/mol. The minimum absolute atomic E-state index is 0.0925. The van der Waals surface area contributed by atoms with E-state index in [1.807, 2.05) is 19.1 Å². The van der Waals surface area contributed by atoms with Crippen LogP contribution in [0.5, 0.6) is 0 Å². The van der Waals surface area contributed by atoms with Crippen LogP contribution in [-0.4, -0.2) is 36.6 Å². The molecule has 1 amide bonds. The Morgan fingerprint density at radius 3 is 2.33 bits per heavy atom. The second-order valence-electron chi connectivity index (χ2n) is 7.42. The fraction of sp³-hybridized carbons (Fsp3) is 0.381.